The summed E-state index contributed by atoms with van der Waals surface area (Å²) in [5.41, 5.74) is 3.74. The number of rotatable bonds is 2. The van der Waals surface area contributed by atoms with Crippen LogP contribution in [0.1, 0.15) is 43.2 Å². The highest BCUT2D eigenvalue weighted by Crippen LogP contribution is 2.45. The second-order valence-corrected chi connectivity index (χ2v) is 8.11. The van der Waals surface area contributed by atoms with Gasteiger partial charge in [0, 0.05) is 21.1 Å². The monoisotopic (exact) mass is 372 g/mol. The van der Waals surface area contributed by atoms with E-state index in [0.717, 1.165) is 33.6 Å². The van der Waals surface area contributed by atoms with Gasteiger partial charge in [0.1, 0.15) is 5.84 Å². The van der Waals surface area contributed by atoms with Crippen LogP contribution in [-0.2, 0) is 13.0 Å². The quantitative estimate of drug-likeness (QED) is 0.637. The molecule has 2 aromatic rings. The Labute approximate surface area is 159 Å². The molecule has 4 rings (SSSR count). The molecule has 2 aromatic carbocycles. The predicted molar refractivity (Wildman–Crippen MR) is 107 cm³/mol. The zero-order chi connectivity index (χ0) is 17.3. The van der Waals surface area contributed by atoms with Crippen LogP contribution < -0.4 is 5.32 Å². The highest BCUT2D eigenvalue weighted by Gasteiger charge is 2.41. The van der Waals surface area contributed by atoms with E-state index in [1.807, 2.05) is 24.3 Å². The van der Waals surface area contributed by atoms with Gasteiger partial charge in [0.15, 0.2) is 0 Å². The lowest BCUT2D eigenvalue weighted by Gasteiger charge is -2.42. The predicted octanol–water partition coefficient (Wildman–Crippen LogP) is 6.51. The minimum absolute atomic E-state index is 0.133. The number of benzene rings is 2. The molecule has 1 aliphatic carbocycles. The largest absolute Gasteiger partial charge is 0.343 e. The second-order valence-electron chi connectivity index (χ2n) is 7.24. The Hall–Kier alpha value is -1.51. The SMILES string of the molecule is Clc1cccc(CN=C2Nc3ccc(Cl)cc3CC23CCCCC3)c1. The third-order valence-corrected chi connectivity index (χ3v) is 5.94. The van der Waals surface area contributed by atoms with Crippen molar-refractivity contribution in [3.05, 3.63) is 63.6 Å². The van der Waals surface area contributed by atoms with E-state index in [1.165, 1.54) is 37.7 Å². The average molecular weight is 373 g/mol. The fourth-order valence-electron chi connectivity index (χ4n) is 4.19. The van der Waals surface area contributed by atoms with Crippen LogP contribution in [0.15, 0.2) is 47.5 Å². The molecule has 0 bridgehead atoms. The van der Waals surface area contributed by atoms with Crippen LogP contribution in [-0.4, -0.2) is 5.84 Å². The molecule has 0 radical (unpaired) electrons. The van der Waals surface area contributed by atoms with Crippen molar-refractivity contribution in [2.75, 3.05) is 5.32 Å². The second kappa shape index (κ2) is 7.01. The van der Waals surface area contributed by atoms with E-state index in [2.05, 4.69) is 23.5 Å². The van der Waals surface area contributed by atoms with Crippen molar-refractivity contribution >= 4 is 34.7 Å². The van der Waals surface area contributed by atoms with Crippen molar-refractivity contribution in [3.8, 4) is 0 Å². The van der Waals surface area contributed by atoms with Crippen molar-refractivity contribution in [2.24, 2.45) is 10.4 Å². The van der Waals surface area contributed by atoms with Crippen LogP contribution in [0.2, 0.25) is 10.0 Å². The summed E-state index contributed by atoms with van der Waals surface area (Å²) >= 11 is 12.3. The van der Waals surface area contributed by atoms with Crippen molar-refractivity contribution in [1.29, 1.82) is 0 Å². The van der Waals surface area contributed by atoms with E-state index in [4.69, 9.17) is 28.2 Å². The van der Waals surface area contributed by atoms with Gasteiger partial charge in [0.05, 0.1) is 6.54 Å². The topological polar surface area (TPSA) is 24.4 Å². The van der Waals surface area contributed by atoms with Gasteiger partial charge in [0.25, 0.3) is 0 Å². The van der Waals surface area contributed by atoms with Crippen molar-refractivity contribution in [1.82, 2.24) is 0 Å². The maximum Gasteiger partial charge on any atom is 0.108 e. The molecular weight excluding hydrogens is 351 g/mol. The first kappa shape index (κ1) is 16.9. The van der Waals surface area contributed by atoms with Gasteiger partial charge in [-0.25, -0.2) is 0 Å². The molecule has 1 spiro atoms. The molecule has 1 saturated carbocycles. The van der Waals surface area contributed by atoms with Gasteiger partial charge in [-0.3, -0.25) is 4.99 Å². The molecule has 1 N–H and O–H groups in total. The van der Waals surface area contributed by atoms with Gasteiger partial charge < -0.3 is 5.32 Å². The number of nitrogens with one attached hydrogen (secondary N) is 1. The van der Waals surface area contributed by atoms with Gasteiger partial charge in [-0.1, -0.05) is 54.6 Å². The zero-order valence-corrected chi connectivity index (χ0v) is 15.7. The van der Waals surface area contributed by atoms with Gasteiger partial charge in [-0.05, 0) is 60.7 Å². The van der Waals surface area contributed by atoms with Crippen LogP contribution >= 0.6 is 23.2 Å². The van der Waals surface area contributed by atoms with Crippen LogP contribution in [0.25, 0.3) is 0 Å². The highest BCUT2D eigenvalue weighted by molar-refractivity contribution is 6.31. The van der Waals surface area contributed by atoms with E-state index in [9.17, 15) is 0 Å². The third kappa shape index (κ3) is 3.56. The first-order valence-electron chi connectivity index (χ1n) is 8.99. The van der Waals surface area contributed by atoms with E-state index in [0.29, 0.717) is 6.54 Å². The zero-order valence-electron chi connectivity index (χ0n) is 14.2. The van der Waals surface area contributed by atoms with Crippen molar-refractivity contribution < 1.29 is 0 Å². The molecule has 130 valence electrons. The summed E-state index contributed by atoms with van der Waals surface area (Å²) in [6.07, 6.45) is 7.29. The molecule has 0 atom stereocenters. The maximum absolute atomic E-state index is 6.23. The molecule has 1 heterocycles. The number of hydrogen-bond donors (Lipinski definition) is 1. The molecule has 0 aromatic heterocycles. The first-order chi connectivity index (χ1) is 12.1. The standard InChI is InChI=1S/C21H22Cl2N2/c22-17-6-4-5-15(11-17)14-24-20-21(9-2-1-3-10-21)13-16-12-18(23)7-8-19(16)25-20/h4-8,11-12H,1-3,9-10,13-14H2,(H,24,25). The molecule has 0 unspecified atom stereocenters. The van der Waals surface area contributed by atoms with Crippen LogP contribution in [0.4, 0.5) is 5.69 Å². The molecule has 0 saturated heterocycles. The lowest BCUT2D eigenvalue weighted by Crippen LogP contribution is -2.43. The number of amidine groups is 1. The van der Waals surface area contributed by atoms with Crippen molar-refractivity contribution in [2.45, 2.75) is 45.1 Å². The van der Waals surface area contributed by atoms with Crippen LogP contribution in [0.3, 0.4) is 0 Å². The maximum atomic E-state index is 6.23. The van der Waals surface area contributed by atoms with E-state index in [1.54, 1.807) is 0 Å². The Kier molecular flexibility index (Phi) is 4.75. The van der Waals surface area contributed by atoms with Gasteiger partial charge in [0.2, 0.25) is 0 Å². The van der Waals surface area contributed by atoms with Gasteiger partial charge in [-0.15, -0.1) is 0 Å². The lowest BCUT2D eigenvalue weighted by molar-refractivity contribution is 0.278. The minimum atomic E-state index is 0.133. The molecule has 25 heavy (non-hydrogen) atoms. The minimum Gasteiger partial charge on any atom is -0.343 e. The van der Waals surface area contributed by atoms with Crippen molar-refractivity contribution in [3.63, 3.8) is 0 Å². The number of halogens is 2. The van der Waals surface area contributed by atoms with E-state index in [-0.39, 0.29) is 5.41 Å². The molecule has 1 fully saturated rings. The lowest BCUT2D eigenvalue weighted by atomic mass is 9.67. The number of hydrogen-bond acceptors (Lipinski definition) is 1. The Morgan fingerprint density at radius 2 is 1.76 bits per heavy atom. The summed E-state index contributed by atoms with van der Waals surface area (Å²) in [6, 6.07) is 14.1. The number of aliphatic imine (C=N–C) groups is 1. The third-order valence-electron chi connectivity index (χ3n) is 5.47. The summed E-state index contributed by atoms with van der Waals surface area (Å²) in [6.45, 7) is 0.660. The summed E-state index contributed by atoms with van der Waals surface area (Å²) < 4.78 is 0. The smallest absolute Gasteiger partial charge is 0.108 e. The van der Waals surface area contributed by atoms with Gasteiger partial charge in [-0.2, -0.15) is 0 Å². The molecular formula is C21H22Cl2N2. The fourth-order valence-corrected chi connectivity index (χ4v) is 4.60. The summed E-state index contributed by atoms with van der Waals surface area (Å²) in [4.78, 5) is 5.01. The summed E-state index contributed by atoms with van der Waals surface area (Å²) in [5.74, 6) is 1.14. The Balaban J connectivity index is 1.68. The molecule has 2 aliphatic rings. The first-order valence-corrected chi connectivity index (χ1v) is 9.75. The highest BCUT2D eigenvalue weighted by atomic mass is 35.5. The molecule has 0 amide bonds. The number of nitrogens with zero attached hydrogens (tertiary/aromatic N) is 1. The van der Waals surface area contributed by atoms with Gasteiger partial charge >= 0.3 is 0 Å². The number of anilines is 1. The number of fused-ring (bicyclic) bond motifs is 1. The molecule has 2 nitrogen and oxygen atoms in total. The normalized spacial score (nSPS) is 20.3. The fraction of sp³-hybridized carbons (Fsp3) is 0.381. The van der Waals surface area contributed by atoms with Crippen LogP contribution in [0.5, 0.6) is 0 Å². The van der Waals surface area contributed by atoms with E-state index < -0.39 is 0 Å². The average Bonchev–Trinajstić information content (AvgIpc) is 2.61. The molecule has 1 aliphatic heterocycles. The van der Waals surface area contributed by atoms with E-state index >= 15 is 0 Å². The Bertz CT molecular complexity index is 807. The summed E-state index contributed by atoms with van der Waals surface area (Å²) in [7, 11) is 0. The Morgan fingerprint density at radius 1 is 0.960 bits per heavy atom. The summed E-state index contributed by atoms with van der Waals surface area (Å²) in [5, 5.41) is 5.20. The molecule has 4 heteroatoms. The Morgan fingerprint density at radius 3 is 2.56 bits per heavy atom. The van der Waals surface area contributed by atoms with Crippen LogP contribution in [0, 0.1) is 5.41 Å².